The van der Waals surface area contributed by atoms with E-state index in [-0.39, 0.29) is 0 Å². The van der Waals surface area contributed by atoms with Crippen molar-refractivity contribution in [3.63, 3.8) is 0 Å². The Morgan fingerprint density at radius 1 is 1.80 bits per heavy atom. The van der Waals surface area contributed by atoms with Gasteiger partial charge in [-0.25, -0.2) is 0 Å². The van der Waals surface area contributed by atoms with Crippen LogP contribution in [0.1, 0.15) is 0 Å². The van der Waals surface area contributed by atoms with Gasteiger partial charge in [-0.15, -0.1) is 0 Å². The van der Waals surface area contributed by atoms with E-state index in [1.54, 1.807) is 6.80 Å². The molecule has 0 fully saturated rings. The van der Waals surface area contributed by atoms with Crippen LogP contribution in [0.15, 0.2) is 0 Å². The van der Waals surface area contributed by atoms with E-state index in [0.717, 1.165) is 10.7 Å². The Kier molecular flexibility index (Phi) is 5.70. The molecule has 0 N–H and O–H groups in total. The fourth-order valence-corrected chi connectivity index (χ4v) is 0.423. The number of hydrogen-bond donors (Lipinski definition) is 0. The minimum absolute atomic E-state index is 1.03. The van der Waals surface area contributed by atoms with Gasteiger partial charge in [-0.2, -0.15) is 0 Å². The quantitative estimate of drug-likeness (QED) is 0.329. The molecule has 3 heteroatoms. The Morgan fingerprint density at radius 2 is 2.40 bits per heavy atom. The van der Waals surface area contributed by atoms with Gasteiger partial charge < -0.3 is 0 Å². The summed E-state index contributed by atoms with van der Waals surface area (Å²) in [6, 6.07) is 0. The normalized spacial score (nSPS) is 6.40. The molecule has 0 bridgehead atoms. The van der Waals surface area contributed by atoms with Gasteiger partial charge in [0.1, 0.15) is 0 Å². The van der Waals surface area contributed by atoms with Crippen LogP contribution in [0.3, 0.4) is 0 Å². The molecule has 5 heavy (non-hydrogen) atoms. The summed E-state index contributed by atoms with van der Waals surface area (Å²) in [5.74, 6) is 0. The number of alkyl halides is 1. The molecule has 0 aromatic heterocycles. The van der Waals surface area contributed by atoms with Crippen molar-refractivity contribution >= 4 is 36.8 Å². The molecule has 0 aromatic carbocycles. The van der Waals surface area contributed by atoms with Gasteiger partial charge in [-0.05, 0) is 0 Å². The first kappa shape index (κ1) is 5.86. The van der Waals surface area contributed by atoms with Crippen molar-refractivity contribution < 1.29 is 0 Å². The van der Waals surface area contributed by atoms with Crippen LogP contribution in [-0.2, 0) is 0 Å². The molecule has 0 aromatic rings. The van der Waals surface area contributed by atoms with Crippen LogP contribution in [0.25, 0.3) is 0 Å². The molecule has 0 heterocycles. The number of halogens is 1. The maximum atomic E-state index is 5.01. The minimum atomic E-state index is 1.03. The van der Waals surface area contributed by atoms with Crippen molar-refractivity contribution in [3.05, 3.63) is 0 Å². The van der Waals surface area contributed by atoms with Crippen LogP contribution in [0, 0.1) is 0 Å². The summed E-state index contributed by atoms with van der Waals surface area (Å²) >= 11 is 2.28. The molecule has 0 aliphatic rings. The molecule has 0 rings (SSSR count). The summed E-state index contributed by atoms with van der Waals surface area (Å²) in [5.41, 5.74) is 0. The molecule has 0 aliphatic heterocycles. The van der Waals surface area contributed by atoms with E-state index in [9.17, 15) is 0 Å². The fourth-order valence-electron chi connectivity index (χ4n) is 0.0630. The molecule has 1 radical (unpaired) electrons. The molecule has 0 spiro atoms. The first-order valence-corrected chi connectivity index (χ1v) is 3.03. The zero-order valence-corrected chi connectivity index (χ0v) is 5.10. The molecule has 0 nitrogen and oxygen atoms in total. The summed E-state index contributed by atoms with van der Waals surface area (Å²) in [6.45, 7) is 1.67. The summed E-state index contributed by atoms with van der Waals surface area (Å²) in [6.07, 6.45) is 1.03. The van der Waals surface area contributed by atoms with Crippen molar-refractivity contribution in [2.45, 2.75) is 6.32 Å². The van der Waals surface area contributed by atoms with Crippen LogP contribution >= 0.6 is 22.6 Å². The van der Waals surface area contributed by atoms with Gasteiger partial charge in [0.15, 0.2) is 0 Å². The van der Waals surface area contributed by atoms with Gasteiger partial charge in [0.05, 0.1) is 0 Å². The Hall–Kier alpha value is 0.860. The molecule has 0 saturated heterocycles. The van der Waals surface area contributed by atoms with Crippen LogP contribution in [-0.4, -0.2) is 18.6 Å². The zero-order valence-electron chi connectivity index (χ0n) is 2.95. The summed E-state index contributed by atoms with van der Waals surface area (Å²) in [5, 5.41) is 0. The van der Waals surface area contributed by atoms with E-state index in [1.807, 2.05) is 0 Å². The van der Waals surface area contributed by atoms with Gasteiger partial charge in [0.25, 0.3) is 0 Å². The van der Waals surface area contributed by atoms with Crippen molar-refractivity contribution in [3.8, 4) is 0 Å². The van der Waals surface area contributed by atoms with Crippen molar-refractivity contribution in [2.24, 2.45) is 0 Å². The van der Waals surface area contributed by atoms with Crippen LogP contribution in [0.5, 0.6) is 0 Å². The van der Waals surface area contributed by atoms with E-state index in [4.69, 9.17) is 7.37 Å². The second-order valence-electron chi connectivity index (χ2n) is 0.713. The van der Waals surface area contributed by atoms with Gasteiger partial charge in [-0.3, -0.25) is 0 Å². The Morgan fingerprint density at radius 3 is 2.40 bits per heavy atom. The monoisotopic (exact) mass is 177 g/mol. The first-order valence-electron chi connectivity index (χ1n) is 1.51. The Labute approximate surface area is 47.8 Å². The topological polar surface area (TPSA) is 0 Å². The van der Waals surface area contributed by atoms with Crippen molar-refractivity contribution in [2.75, 3.05) is 4.43 Å². The second kappa shape index (κ2) is 4.86. The van der Waals surface area contributed by atoms with Crippen molar-refractivity contribution in [1.82, 2.24) is 0 Å². The summed E-state index contributed by atoms with van der Waals surface area (Å²) < 4.78 is 1.13. The third kappa shape index (κ3) is 4.86. The third-order valence-electron chi connectivity index (χ3n) is 0.276. The predicted molar refractivity (Wildman–Crippen MR) is 35.2 cm³/mol. The van der Waals surface area contributed by atoms with E-state index in [2.05, 4.69) is 22.6 Å². The molecular formula is C2H4B2I. The van der Waals surface area contributed by atoms with Crippen LogP contribution in [0.2, 0.25) is 6.32 Å². The standard InChI is InChI=1S/C2H4B2I/c3-4-1-2-5/h1-2H2. The molecule has 25 valence electrons. The van der Waals surface area contributed by atoms with Gasteiger partial charge in [0.2, 0.25) is 0 Å². The van der Waals surface area contributed by atoms with E-state index in [0.29, 0.717) is 0 Å². The number of hydrogen-bond acceptors (Lipinski definition) is 0. The van der Waals surface area contributed by atoms with Crippen LogP contribution in [0.4, 0.5) is 0 Å². The molecule has 0 atom stereocenters. The summed E-state index contributed by atoms with van der Waals surface area (Å²) in [4.78, 5) is 0. The third-order valence-corrected chi connectivity index (χ3v) is 0.899. The first-order chi connectivity index (χ1) is 2.41. The zero-order chi connectivity index (χ0) is 4.12. The fraction of sp³-hybridized carbons (Fsp3) is 1.00. The number of rotatable bonds is 2. The predicted octanol–water partition coefficient (Wildman–Crippen LogP) is 0.627. The van der Waals surface area contributed by atoms with E-state index in [1.165, 1.54) is 0 Å². The molecule has 0 amide bonds. The molecule has 0 saturated carbocycles. The summed E-state index contributed by atoms with van der Waals surface area (Å²) in [7, 11) is 5.01. The Balaban J connectivity index is 2.40. The average molecular weight is 177 g/mol. The second-order valence-corrected chi connectivity index (χ2v) is 1.79. The SMILES string of the molecule is [B]=BCCI. The van der Waals surface area contributed by atoms with Crippen LogP contribution < -0.4 is 0 Å². The average Bonchev–Trinajstić information content (AvgIpc) is 1.41. The Bertz CT molecular complexity index is 28.8. The molecule has 0 unspecified atom stereocenters. The van der Waals surface area contributed by atoms with Crippen molar-refractivity contribution in [1.29, 1.82) is 0 Å². The van der Waals surface area contributed by atoms with Gasteiger partial charge in [0, 0.05) is 0 Å². The maximum absolute atomic E-state index is 5.01. The molecule has 0 aliphatic carbocycles. The van der Waals surface area contributed by atoms with E-state index < -0.39 is 0 Å². The van der Waals surface area contributed by atoms with Gasteiger partial charge in [-0.1, -0.05) is 0 Å². The van der Waals surface area contributed by atoms with Gasteiger partial charge >= 0.3 is 47.5 Å². The van der Waals surface area contributed by atoms with E-state index >= 15 is 0 Å². The molecular weight excluding hydrogens is 173 g/mol.